The van der Waals surface area contributed by atoms with Crippen molar-refractivity contribution in [2.24, 2.45) is 0 Å². The number of rotatable bonds is 3. The maximum atomic E-state index is 12.1. The monoisotopic (exact) mass is 277 g/mol. The zero-order valence-electron chi connectivity index (χ0n) is 9.79. The minimum Gasteiger partial charge on any atom is -0.266 e. The number of hydrogen-bond acceptors (Lipinski definition) is 5. The summed E-state index contributed by atoms with van der Waals surface area (Å²) in [4.78, 5) is 18.2. The minimum atomic E-state index is -0.0711. The van der Waals surface area contributed by atoms with Gasteiger partial charge in [0.25, 0.3) is 5.56 Å². The number of nitrogens with zero attached hydrogens (tertiary/aromatic N) is 3. The van der Waals surface area contributed by atoms with Crippen LogP contribution in [0.1, 0.15) is 24.0 Å². The van der Waals surface area contributed by atoms with Crippen molar-refractivity contribution in [3.63, 3.8) is 0 Å². The van der Waals surface area contributed by atoms with Crippen molar-refractivity contribution >= 4 is 33.7 Å². The molecular formula is C12H11N3OS2. The lowest BCUT2D eigenvalue weighted by Gasteiger charge is -1.84. The Morgan fingerprint density at radius 1 is 1.50 bits per heavy atom. The maximum absolute atomic E-state index is 12.1. The van der Waals surface area contributed by atoms with Crippen LogP contribution in [0.4, 0.5) is 0 Å². The van der Waals surface area contributed by atoms with E-state index in [0.717, 1.165) is 23.5 Å². The summed E-state index contributed by atoms with van der Waals surface area (Å²) >= 11 is 3.01. The van der Waals surface area contributed by atoms with Crippen LogP contribution in [-0.4, -0.2) is 14.6 Å². The normalized spacial score (nSPS) is 12.6. The molecular weight excluding hydrogens is 266 g/mol. The van der Waals surface area contributed by atoms with Gasteiger partial charge >= 0.3 is 0 Å². The molecule has 0 spiro atoms. The second-order valence-electron chi connectivity index (χ2n) is 3.90. The standard InChI is InChI=1S/C12H11N3OS2/c1-2-4-10-13-12-15(14-10)11(16)9(18-12)7-8-5-3-6-17-8/h3,5-7H,2,4H2,1H3/b9-7-. The molecule has 0 amide bonds. The largest absolute Gasteiger partial charge is 0.291 e. The first-order chi connectivity index (χ1) is 8.78. The molecule has 0 saturated heterocycles. The maximum Gasteiger partial charge on any atom is 0.291 e. The van der Waals surface area contributed by atoms with Crippen molar-refractivity contribution in [1.82, 2.24) is 14.6 Å². The molecule has 0 radical (unpaired) electrons. The third kappa shape index (κ3) is 1.97. The van der Waals surface area contributed by atoms with Gasteiger partial charge < -0.3 is 0 Å². The molecule has 0 N–H and O–H groups in total. The molecule has 0 unspecified atom stereocenters. The second-order valence-corrected chi connectivity index (χ2v) is 5.89. The summed E-state index contributed by atoms with van der Waals surface area (Å²) in [5, 5.41) is 6.23. The Bertz CT molecular complexity index is 770. The molecule has 0 bridgehead atoms. The van der Waals surface area contributed by atoms with Crippen molar-refractivity contribution in [1.29, 1.82) is 0 Å². The molecule has 0 atom stereocenters. The van der Waals surface area contributed by atoms with Gasteiger partial charge in [-0.3, -0.25) is 4.79 Å². The highest BCUT2D eigenvalue weighted by Crippen LogP contribution is 2.09. The summed E-state index contributed by atoms with van der Waals surface area (Å²) in [7, 11) is 0. The van der Waals surface area contributed by atoms with Crippen LogP contribution in [0.25, 0.3) is 11.0 Å². The summed E-state index contributed by atoms with van der Waals surface area (Å²) < 4.78 is 2.10. The first kappa shape index (κ1) is 11.6. The highest BCUT2D eigenvalue weighted by atomic mass is 32.1. The average Bonchev–Trinajstić information content (AvgIpc) is 3.02. The highest BCUT2D eigenvalue weighted by molar-refractivity contribution is 7.15. The zero-order chi connectivity index (χ0) is 12.5. The number of aryl methyl sites for hydroxylation is 1. The summed E-state index contributed by atoms with van der Waals surface area (Å²) in [5.74, 6) is 0.753. The number of thiophene rings is 1. The molecule has 18 heavy (non-hydrogen) atoms. The van der Waals surface area contributed by atoms with Crippen molar-refractivity contribution in [2.75, 3.05) is 0 Å². The topological polar surface area (TPSA) is 47.3 Å². The van der Waals surface area contributed by atoms with E-state index < -0.39 is 0 Å². The number of hydrogen-bond donors (Lipinski definition) is 0. The van der Waals surface area contributed by atoms with Crippen LogP contribution in [0.5, 0.6) is 0 Å². The molecule has 0 fully saturated rings. The van der Waals surface area contributed by atoms with Crippen LogP contribution in [0.2, 0.25) is 0 Å². The molecule has 3 aromatic heterocycles. The molecule has 6 heteroatoms. The lowest BCUT2D eigenvalue weighted by atomic mass is 10.3. The molecule has 0 aliphatic carbocycles. The van der Waals surface area contributed by atoms with E-state index >= 15 is 0 Å². The van der Waals surface area contributed by atoms with Crippen LogP contribution >= 0.6 is 22.7 Å². The molecule has 92 valence electrons. The van der Waals surface area contributed by atoms with Gasteiger partial charge in [-0.15, -0.1) is 16.4 Å². The first-order valence-corrected chi connectivity index (χ1v) is 7.41. The summed E-state index contributed by atoms with van der Waals surface area (Å²) in [6.45, 7) is 2.07. The number of aromatic nitrogens is 3. The summed E-state index contributed by atoms with van der Waals surface area (Å²) in [6.07, 6.45) is 3.70. The predicted molar refractivity (Wildman–Crippen MR) is 74.2 cm³/mol. The SMILES string of the molecule is CCCc1nc2s/c(=C\c3cccs3)c(=O)n2n1. The predicted octanol–water partition coefficient (Wildman–Crippen LogP) is 1.71. The fourth-order valence-electron chi connectivity index (χ4n) is 1.71. The molecule has 3 heterocycles. The van der Waals surface area contributed by atoms with Gasteiger partial charge in [0.2, 0.25) is 4.96 Å². The van der Waals surface area contributed by atoms with Gasteiger partial charge in [0.05, 0.1) is 4.53 Å². The van der Waals surface area contributed by atoms with Gasteiger partial charge in [0.1, 0.15) is 0 Å². The Morgan fingerprint density at radius 2 is 2.39 bits per heavy atom. The molecule has 0 saturated carbocycles. The van der Waals surface area contributed by atoms with Gasteiger partial charge in [-0.1, -0.05) is 24.3 Å². The van der Waals surface area contributed by atoms with Crippen LogP contribution in [-0.2, 0) is 6.42 Å². The van der Waals surface area contributed by atoms with E-state index in [1.54, 1.807) is 11.3 Å². The Kier molecular flexibility index (Phi) is 2.97. The number of thiazole rings is 1. The van der Waals surface area contributed by atoms with E-state index in [0.29, 0.717) is 9.49 Å². The van der Waals surface area contributed by atoms with Crippen LogP contribution in [0, 0.1) is 0 Å². The fourth-order valence-corrected chi connectivity index (χ4v) is 3.36. The quantitative estimate of drug-likeness (QED) is 0.732. The van der Waals surface area contributed by atoms with E-state index in [-0.39, 0.29) is 5.56 Å². The molecule has 0 aliphatic heterocycles. The third-order valence-electron chi connectivity index (χ3n) is 2.52. The molecule has 4 nitrogen and oxygen atoms in total. The third-order valence-corrected chi connectivity index (χ3v) is 4.29. The fraction of sp³-hybridized carbons (Fsp3) is 0.250. The van der Waals surface area contributed by atoms with E-state index in [4.69, 9.17) is 0 Å². The lowest BCUT2D eigenvalue weighted by Crippen LogP contribution is -2.23. The zero-order valence-corrected chi connectivity index (χ0v) is 11.4. The van der Waals surface area contributed by atoms with Crippen molar-refractivity contribution < 1.29 is 0 Å². The van der Waals surface area contributed by atoms with Crippen LogP contribution in [0.3, 0.4) is 0 Å². The van der Waals surface area contributed by atoms with E-state index in [1.165, 1.54) is 15.9 Å². The minimum absolute atomic E-state index is 0.0711. The molecule has 3 rings (SSSR count). The smallest absolute Gasteiger partial charge is 0.266 e. The van der Waals surface area contributed by atoms with E-state index in [1.807, 2.05) is 23.6 Å². The Labute approximate surface area is 111 Å². The van der Waals surface area contributed by atoms with Gasteiger partial charge in [-0.05, 0) is 23.9 Å². The van der Waals surface area contributed by atoms with Gasteiger partial charge in [0, 0.05) is 11.3 Å². The second kappa shape index (κ2) is 4.62. The average molecular weight is 277 g/mol. The van der Waals surface area contributed by atoms with Crippen molar-refractivity contribution in [2.45, 2.75) is 19.8 Å². The molecule has 3 aromatic rings. The Morgan fingerprint density at radius 3 is 3.06 bits per heavy atom. The summed E-state index contributed by atoms with van der Waals surface area (Å²) in [6, 6.07) is 3.96. The highest BCUT2D eigenvalue weighted by Gasteiger charge is 2.09. The first-order valence-electron chi connectivity index (χ1n) is 5.71. The molecule has 0 aromatic carbocycles. The lowest BCUT2D eigenvalue weighted by molar-refractivity contribution is 0.810. The van der Waals surface area contributed by atoms with Gasteiger partial charge in [-0.2, -0.15) is 4.52 Å². The van der Waals surface area contributed by atoms with Crippen LogP contribution in [0.15, 0.2) is 22.3 Å². The molecule has 0 aliphatic rings. The van der Waals surface area contributed by atoms with Gasteiger partial charge in [0.15, 0.2) is 5.82 Å². The Balaban J connectivity index is 2.13. The van der Waals surface area contributed by atoms with Crippen molar-refractivity contribution in [3.05, 3.63) is 43.1 Å². The Hall–Kier alpha value is -1.53. The van der Waals surface area contributed by atoms with E-state index in [9.17, 15) is 4.79 Å². The number of fused-ring (bicyclic) bond motifs is 1. The summed E-state index contributed by atoms with van der Waals surface area (Å²) in [5.41, 5.74) is -0.0711. The van der Waals surface area contributed by atoms with Gasteiger partial charge in [-0.25, -0.2) is 4.98 Å². The van der Waals surface area contributed by atoms with Crippen LogP contribution < -0.4 is 10.1 Å². The van der Waals surface area contributed by atoms with E-state index in [2.05, 4.69) is 17.0 Å². The van der Waals surface area contributed by atoms with Crippen molar-refractivity contribution in [3.8, 4) is 0 Å².